The Morgan fingerprint density at radius 3 is 3.09 bits per heavy atom. The zero-order valence-corrected chi connectivity index (χ0v) is 7.21. The number of carbonyl (C=O) groups excluding carboxylic acids is 1. The van der Waals surface area contributed by atoms with Gasteiger partial charge in [-0.3, -0.25) is 9.69 Å². The average Bonchev–Trinajstić information content (AvgIpc) is 2.05. The van der Waals surface area contributed by atoms with Gasteiger partial charge in [0.25, 0.3) is 0 Å². The van der Waals surface area contributed by atoms with E-state index in [9.17, 15) is 4.79 Å². The Labute approximate surface area is 67.9 Å². The van der Waals surface area contributed by atoms with Crippen LogP contribution in [0.2, 0.25) is 0 Å². The number of hydrogen-bond acceptors (Lipinski definition) is 2. The predicted molar refractivity (Wildman–Crippen MR) is 45.5 cm³/mol. The summed E-state index contributed by atoms with van der Waals surface area (Å²) in [6.07, 6.45) is 4.04. The quantitative estimate of drug-likeness (QED) is 0.556. The van der Waals surface area contributed by atoms with E-state index in [1.807, 2.05) is 6.08 Å². The van der Waals surface area contributed by atoms with Crippen molar-refractivity contribution in [2.75, 3.05) is 13.1 Å². The van der Waals surface area contributed by atoms with Crippen LogP contribution in [-0.4, -0.2) is 30.3 Å². The molecule has 1 heterocycles. The van der Waals surface area contributed by atoms with Crippen LogP contribution in [0, 0.1) is 0 Å². The maximum absolute atomic E-state index is 10.5. The van der Waals surface area contributed by atoms with Gasteiger partial charge in [-0.05, 0) is 19.9 Å². The van der Waals surface area contributed by atoms with Crippen molar-refractivity contribution in [2.24, 2.45) is 0 Å². The van der Waals surface area contributed by atoms with E-state index in [1.165, 1.54) is 0 Å². The molecule has 1 unspecified atom stereocenters. The molecule has 0 saturated carbocycles. The molecular weight excluding hydrogens is 138 g/mol. The summed E-state index contributed by atoms with van der Waals surface area (Å²) in [5.74, 6) is 0. The molecule has 1 rings (SSSR count). The van der Waals surface area contributed by atoms with Gasteiger partial charge in [0.15, 0.2) is 0 Å². The summed E-state index contributed by atoms with van der Waals surface area (Å²) in [5.41, 5.74) is 0.943. The Morgan fingerprint density at radius 2 is 2.55 bits per heavy atom. The van der Waals surface area contributed by atoms with Gasteiger partial charge in [0.2, 0.25) is 0 Å². The van der Waals surface area contributed by atoms with Gasteiger partial charge in [-0.2, -0.15) is 0 Å². The van der Waals surface area contributed by atoms with Gasteiger partial charge in [-0.1, -0.05) is 13.0 Å². The van der Waals surface area contributed by atoms with Crippen molar-refractivity contribution in [2.45, 2.75) is 26.3 Å². The molecule has 1 aliphatic heterocycles. The van der Waals surface area contributed by atoms with Crippen LogP contribution in [0.15, 0.2) is 11.6 Å². The van der Waals surface area contributed by atoms with Crippen LogP contribution in [-0.2, 0) is 4.79 Å². The Balaban J connectivity index is 2.67. The minimum atomic E-state index is 0.325. The van der Waals surface area contributed by atoms with Gasteiger partial charge in [0.1, 0.15) is 6.29 Å². The fourth-order valence-electron chi connectivity index (χ4n) is 1.55. The Morgan fingerprint density at radius 1 is 1.82 bits per heavy atom. The lowest BCUT2D eigenvalue weighted by molar-refractivity contribution is -0.105. The van der Waals surface area contributed by atoms with Crippen LogP contribution >= 0.6 is 0 Å². The molecule has 11 heavy (non-hydrogen) atoms. The van der Waals surface area contributed by atoms with E-state index in [-0.39, 0.29) is 0 Å². The van der Waals surface area contributed by atoms with Crippen LogP contribution in [0.1, 0.15) is 20.3 Å². The number of likely N-dealkylation sites (N-methyl/N-ethyl adjacent to an activating group) is 1. The fourth-order valence-corrected chi connectivity index (χ4v) is 1.55. The van der Waals surface area contributed by atoms with Crippen LogP contribution in [0.3, 0.4) is 0 Å². The lowest BCUT2D eigenvalue weighted by Gasteiger charge is -2.30. The number of nitrogens with zero attached hydrogens (tertiary/aromatic N) is 1. The molecule has 0 saturated heterocycles. The van der Waals surface area contributed by atoms with E-state index in [0.29, 0.717) is 6.04 Å². The van der Waals surface area contributed by atoms with E-state index in [2.05, 4.69) is 18.7 Å². The molecule has 2 heteroatoms. The molecule has 0 fully saturated rings. The van der Waals surface area contributed by atoms with Gasteiger partial charge in [-0.25, -0.2) is 0 Å². The summed E-state index contributed by atoms with van der Waals surface area (Å²) in [4.78, 5) is 12.8. The molecule has 1 aliphatic rings. The van der Waals surface area contributed by atoms with Crippen molar-refractivity contribution in [3.8, 4) is 0 Å². The first-order valence-electron chi connectivity index (χ1n) is 4.19. The summed E-state index contributed by atoms with van der Waals surface area (Å²) in [6, 6.07) is 0.325. The monoisotopic (exact) mass is 153 g/mol. The molecule has 0 aromatic rings. The second-order valence-electron chi connectivity index (χ2n) is 2.92. The number of hydrogen-bond donors (Lipinski definition) is 0. The van der Waals surface area contributed by atoms with Crippen molar-refractivity contribution in [3.05, 3.63) is 11.6 Å². The topological polar surface area (TPSA) is 20.3 Å². The van der Waals surface area contributed by atoms with Crippen molar-refractivity contribution >= 4 is 6.29 Å². The highest BCUT2D eigenvalue weighted by Crippen LogP contribution is 2.14. The van der Waals surface area contributed by atoms with Crippen molar-refractivity contribution in [3.63, 3.8) is 0 Å². The third-order valence-corrected chi connectivity index (χ3v) is 2.37. The van der Waals surface area contributed by atoms with E-state index < -0.39 is 0 Å². The normalized spacial score (nSPS) is 26.4. The maximum Gasteiger partial charge on any atom is 0.147 e. The molecule has 0 N–H and O–H groups in total. The highest BCUT2D eigenvalue weighted by Gasteiger charge is 2.18. The molecule has 2 nitrogen and oxygen atoms in total. The average molecular weight is 153 g/mol. The summed E-state index contributed by atoms with van der Waals surface area (Å²) in [7, 11) is 0. The van der Waals surface area contributed by atoms with E-state index in [0.717, 1.165) is 31.4 Å². The molecule has 0 aromatic carbocycles. The van der Waals surface area contributed by atoms with Crippen LogP contribution in [0.5, 0.6) is 0 Å². The zero-order chi connectivity index (χ0) is 8.27. The van der Waals surface area contributed by atoms with E-state index in [1.54, 1.807) is 0 Å². The Bertz CT molecular complexity index is 174. The van der Waals surface area contributed by atoms with Gasteiger partial charge < -0.3 is 0 Å². The third-order valence-electron chi connectivity index (χ3n) is 2.37. The SMILES string of the molecule is CCN1CCC=C(C=O)C1C. The summed E-state index contributed by atoms with van der Waals surface area (Å²) in [6.45, 7) is 6.34. The molecule has 0 radical (unpaired) electrons. The molecule has 1 atom stereocenters. The Kier molecular flexibility index (Phi) is 2.83. The minimum Gasteiger partial charge on any atom is -0.298 e. The Hall–Kier alpha value is -0.630. The first-order valence-corrected chi connectivity index (χ1v) is 4.19. The smallest absolute Gasteiger partial charge is 0.147 e. The van der Waals surface area contributed by atoms with Gasteiger partial charge >= 0.3 is 0 Å². The van der Waals surface area contributed by atoms with Crippen molar-refractivity contribution < 1.29 is 4.79 Å². The third kappa shape index (κ3) is 1.69. The van der Waals surface area contributed by atoms with Gasteiger partial charge in [-0.15, -0.1) is 0 Å². The lowest BCUT2D eigenvalue weighted by Crippen LogP contribution is -2.38. The lowest BCUT2D eigenvalue weighted by atomic mass is 10.0. The van der Waals surface area contributed by atoms with E-state index in [4.69, 9.17) is 0 Å². The zero-order valence-electron chi connectivity index (χ0n) is 7.21. The predicted octanol–water partition coefficient (Wildman–Crippen LogP) is 1.23. The van der Waals surface area contributed by atoms with E-state index >= 15 is 0 Å². The first-order chi connectivity index (χ1) is 5.29. The fraction of sp³-hybridized carbons (Fsp3) is 0.667. The second-order valence-corrected chi connectivity index (χ2v) is 2.92. The minimum absolute atomic E-state index is 0.325. The number of rotatable bonds is 2. The van der Waals surface area contributed by atoms with Gasteiger partial charge in [0, 0.05) is 18.2 Å². The van der Waals surface area contributed by atoms with Crippen LogP contribution in [0.4, 0.5) is 0 Å². The molecular formula is C9H15NO. The number of carbonyl (C=O) groups is 1. The molecule has 0 aliphatic carbocycles. The van der Waals surface area contributed by atoms with Gasteiger partial charge in [0.05, 0.1) is 0 Å². The molecule has 0 spiro atoms. The van der Waals surface area contributed by atoms with Crippen LogP contribution < -0.4 is 0 Å². The first kappa shape index (κ1) is 8.47. The standard InChI is InChI=1S/C9H15NO/c1-3-10-6-4-5-9(7-11)8(10)2/h5,7-8H,3-4,6H2,1-2H3. The summed E-state index contributed by atoms with van der Waals surface area (Å²) < 4.78 is 0. The largest absolute Gasteiger partial charge is 0.298 e. The maximum atomic E-state index is 10.5. The van der Waals surface area contributed by atoms with Crippen molar-refractivity contribution in [1.29, 1.82) is 0 Å². The molecule has 0 amide bonds. The second kappa shape index (κ2) is 3.67. The highest BCUT2D eigenvalue weighted by atomic mass is 16.1. The number of aldehydes is 1. The highest BCUT2D eigenvalue weighted by molar-refractivity contribution is 5.75. The summed E-state index contributed by atoms with van der Waals surface area (Å²) >= 11 is 0. The van der Waals surface area contributed by atoms with Crippen molar-refractivity contribution in [1.82, 2.24) is 4.90 Å². The molecule has 0 bridgehead atoms. The van der Waals surface area contributed by atoms with Crippen LogP contribution in [0.25, 0.3) is 0 Å². The molecule has 62 valence electrons. The summed E-state index contributed by atoms with van der Waals surface area (Å²) in [5, 5.41) is 0. The molecule has 0 aromatic heterocycles.